The highest BCUT2D eigenvalue weighted by Crippen LogP contribution is 2.19. The normalized spacial score (nSPS) is 21.0. The predicted molar refractivity (Wildman–Crippen MR) is 83.7 cm³/mol. The molecule has 23 heavy (non-hydrogen) atoms. The van der Waals surface area contributed by atoms with Crippen LogP contribution >= 0.6 is 0 Å². The van der Waals surface area contributed by atoms with Gasteiger partial charge in [-0.25, -0.2) is 4.79 Å². The molecule has 0 radical (unpaired) electrons. The highest BCUT2D eigenvalue weighted by atomic mass is 16.2. The van der Waals surface area contributed by atoms with Gasteiger partial charge in [0.1, 0.15) is 17.2 Å². The van der Waals surface area contributed by atoms with E-state index in [1.807, 2.05) is 0 Å². The monoisotopic (exact) mass is 320 g/mol. The number of imide groups is 1. The highest BCUT2D eigenvalue weighted by Gasteiger charge is 2.44. The first-order valence-corrected chi connectivity index (χ1v) is 8.08. The van der Waals surface area contributed by atoms with Crippen molar-refractivity contribution in [2.45, 2.75) is 52.2 Å². The molecule has 0 aliphatic carbocycles. The van der Waals surface area contributed by atoms with Crippen molar-refractivity contribution in [3.8, 4) is 0 Å². The molecule has 1 saturated heterocycles. The molecule has 2 aliphatic heterocycles. The third kappa shape index (κ3) is 2.83. The molecular weight excluding hydrogens is 296 g/mol. The fourth-order valence-corrected chi connectivity index (χ4v) is 3.11. The van der Waals surface area contributed by atoms with Crippen LogP contribution in [-0.4, -0.2) is 61.7 Å². The van der Waals surface area contributed by atoms with E-state index >= 15 is 0 Å². The van der Waals surface area contributed by atoms with E-state index in [0.29, 0.717) is 25.6 Å². The van der Waals surface area contributed by atoms with E-state index in [4.69, 9.17) is 0 Å². The van der Waals surface area contributed by atoms with Crippen molar-refractivity contribution in [1.29, 1.82) is 0 Å². The number of rotatable bonds is 4. The van der Waals surface area contributed by atoms with E-state index in [9.17, 15) is 9.59 Å². The fourth-order valence-electron chi connectivity index (χ4n) is 3.11. The molecule has 0 aromatic carbocycles. The van der Waals surface area contributed by atoms with Gasteiger partial charge in [-0.15, -0.1) is 10.2 Å². The van der Waals surface area contributed by atoms with Gasteiger partial charge in [-0.3, -0.25) is 14.6 Å². The molecule has 2 aliphatic rings. The number of nitrogens with zero attached hydrogens (tertiary/aromatic N) is 5. The molecule has 126 valence electrons. The minimum absolute atomic E-state index is 0.162. The van der Waals surface area contributed by atoms with Crippen molar-refractivity contribution in [1.82, 2.24) is 29.9 Å². The minimum atomic E-state index is -0.800. The standard InChI is InChI=1S/C15H24N6O2/c1-10(2)12-18-17-11-9-19(5-7-20(11)12)6-8-21-13(22)15(3,4)16-14(21)23/h10H,5-9H2,1-4H3,(H,16,23). The summed E-state index contributed by atoms with van der Waals surface area (Å²) in [7, 11) is 0. The smallest absolute Gasteiger partial charge is 0.324 e. The number of amides is 3. The molecule has 0 spiro atoms. The molecule has 8 nitrogen and oxygen atoms in total. The first-order chi connectivity index (χ1) is 10.8. The summed E-state index contributed by atoms with van der Waals surface area (Å²) in [5.41, 5.74) is -0.800. The topological polar surface area (TPSA) is 83.4 Å². The largest absolute Gasteiger partial charge is 0.325 e. The molecule has 3 rings (SSSR count). The second-order valence-corrected chi connectivity index (χ2v) is 7.07. The van der Waals surface area contributed by atoms with E-state index in [0.717, 1.165) is 24.7 Å². The first-order valence-electron chi connectivity index (χ1n) is 8.08. The Labute approximate surface area is 135 Å². The quantitative estimate of drug-likeness (QED) is 0.819. The van der Waals surface area contributed by atoms with Gasteiger partial charge in [-0.05, 0) is 13.8 Å². The van der Waals surface area contributed by atoms with Gasteiger partial charge in [0.15, 0.2) is 0 Å². The molecule has 0 atom stereocenters. The Morgan fingerprint density at radius 1 is 1.17 bits per heavy atom. The molecule has 1 fully saturated rings. The summed E-state index contributed by atoms with van der Waals surface area (Å²) >= 11 is 0. The van der Waals surface area contributed by atoms with Crippen LogP contribution in [0.2, 0.25) is 0 Å². The fraction of sp³-hybridized carbons (Fsp3) is 0.733. The Morgan fingerprint density at radius 2 is 1.91 bits per heavy atom. The van der Waals surface area contributed by atoms with Gasteiger partial charge in [-0.2, -0.15) is 0 Å². The maximum Gasteiger partial charge on any atom is 0.325 e. The van der Waals surface area contributed by atoms with Crippen LogP contribution < -0.4 is 5.32 Å². The lowest BCUT2D eigenvalue weighted by molar-refractivity contribution is -0.130. The van der Waals surface area contributed by atoms with Gasteiger partial charge in [0.05, 0.1) is 6.54 Å². The van der Waals surface area contributed by atoms with E-state index in [1.54, 1.807) is 13.8 Å². The molecule has 0 unspecified atom stereocenters. The van der Waals surface area contributed by atoms with Gasteiger partial charge < -0.3 is 9.88 Å². The molecular formula is C15H24N6O2. The second kappa shape index (κ2) is 5.59. The van der Waals surface area contributed by atoms with Gasteiger partial charge in [0, 0.05) is 32.1 Å². The first kappa shape index (κ1) is 15.9. The van der Waals surface area contributed by atoms with Crippen LogP contribution in [0.3, 0.4) is 0 Å². The molecule has 1 aromatic heterocycles. The molecule has 8 heteroatoms. The molecule has 3 amide bonds. The summed E-state index contributed by atoms with van der Waals surface area (Å²) in [6.45, 7) is 11.2. The van der Waals surface area contributed by atoms with Crippen molar-refractivity contribution in [3.05, 3.63) is 11.6 Å². The molecule has 0 bridgehead atoms. The highest BCUT2D eigenvalue weighted by molar-refractivity contribution is 6.06. The second-order valence-electron chi connectivity index (χ2n) is 7.07. The van der Waals surface area contributed by atoms with Crippen molar-refractivity contribution >= 4 is 11.9 Å². The number of urea groups is 1. The number of carbonyl (C=O) groups is 2. The van der Waals surface area contributed by atoms with Gasteiger partial charge >= 0.3 is 6.03 Å². The van der Waals surface area contributed by atoms with E-state index in [1.165, 1.54) is 4.90 Å². The average Bonchev–Trinajstić information content (AvgIpc) is 2.97. The van der Waals surface area contributed by atoms with Crippen LogP contribution in [0.15, 0.2) is 0 Å². The summed E-state index contributed by atoms with van der Waals surface area (Å²) in [6.07, 6.45) is 0. The Hall–Kier alpha value is -1.96. The Morgan fingerprint density at radius 3 is 2.52 bits per heavy atom. The summed E-state index contributed by atoms with van der Waals surface area (Å²) in [5.74, 6) is 2.17. The lowest BCUT2D eigenvalue weighted by atomic mass is 10.1. The van der Waals surface area contributed by atoms with Crippen LogP contribution in [0.1, 0.15) is 45.3 Å². The van der Waals surface area contributed by atoms with Crippen molar-refractivity contribution in [2.24, 2.45) is 0 Å². The van der Waals surface area contributed by atoms with E-state index < -0.39 is 5.54 Å². The Bertz CT molecular complexity index is 636. The zero-order valence-corrected chi connectivity index (χ0v) is 14.2. The molecule has 1 N–H and O–H groups in total. The zero-order chi connectivity index (χ0) is 16.8. The van der Waals surface area contributed by atoms with E-state index in [2.05, 4.69) is 38.8 Å². The minimum Gasteiger partial charge on any atom is -0.324 e. The lowest BCUT2D eigenvalue weighted by Crippen LogP contribution is -2.43. The Balaban J connectivity index is 1.61. The number of hydrogen-bond donors (Lipinski definition) is 1. The summed E-state index contributed by atoms with van der Waals surface area (Å²) in [6, 6.07) is -0.303. The van der Waals surface area contributed by atoms with Gasteiger partial charge in [0.2, 0.25) is 0 Å². The maximum absolute atomic E-state index is 12.2. The van der Waals surface area contributed by atoms with Gasteiger partial charge in [0.25, 0.3) is 5.91 Å². The van der Waals surface area contributed by atoms with Gasteiger partial charge in [-0.1, -0.05) is 13.8 Å². The summed E-state index contributed by atoms with van der Waals surface area (Å²) in [5, 5.41) is 11.2. The predicted octanol–water partition coefficient (Wildman–Crippen LogP) is 0.548. The summed E-state index contributed by atoms with van der Waals surface area (Å²) < 4.78 is 2.18. The van der Waals surface area contributed by atoms with Crippen LogP contribution in [0, 0.1) is 0 Å². The third-order valence-corrected chi connectivity index (χ3v) is 4.46. The summed E-state index contributed by atoms with van der Waals surface area (Å²) in [4.78, 5) is 27.6. The number of hydrogen-bond acceptors (Lipinski definition) is 5. The molecule has 3 heterocycles. The van der Waals surface area contributed by atoms with Crippen LogP contribution in [0.4, 0.5) is 4.79 Å². The van der Waals surface area contributed by atoms with Crippen LogP contribution in [0.25, 0.3) is 0 Å². The SMILES string of the molecule is CC(C)c1nnc2n1CCN(CCN1C(=O)NC(C)(C)C1=O)C2. The maximum atomic E-state index is 12.2. The van der Waals surface area contributed by atoms with Crippen molar-refractivity contribution < 1.29 is 9.59 Å². The zero-order valence-electron chi connectivity index (χ0n) is 14.2. The average molecular weight is 320 g/mol. The van der Waals surface area contributed by atoms with Crippen LogP contribution in [-0.2, 0) is 17.9 Å². The number of carbonyl (C=O) groups excluding carboxylic acids is 2. The third-order valence-electron chi connectivity index (χ3n) is 4.46. The lowest BCUT2D eigenvalue weighted by Gasteiger charge is -2.29. The van der Waals surface area contributed by atoms with Crippen molar-refractivity contribution in [3.63, 3.8) is 0 Å². The number of fused-ring (bicyclic) bond motifs is 1. The molecule has 0 saturated carbocycles. The Kier molecular flexibility index (Phi) is 3.87. The van der Waals surface area contributed by atoms with Crippen LogP contribution in [0.5, 0.6) is 0 Å². The van der Waals surface area contributed by atoms with Crippen molar-refractivity contribution in [2.75, 3.05) is 19.6 Å². The number of nitrogens with one attached hydrogen (secondary N) is 1. The number of aromatic nitrogens is 3. The van der Waals surface area contributed by atoms with E-state index in [-0.39, 0.29) is 11.9 Å². The molecule has 1 aromatic rings.